The maximum absolute atomic E-state index is 13.5. The quantitative estimate of drug-likeness (QED) is 0.580. The van der Waals surface area contributed by atoms with Gasteiger partial charge in [0.05, 0.1) is 0 Å². The summed E-state index contributed by atoms with van der Waals surface area (Å²) in [4.78, 5) is 32.7. The number of rotatable bonds is 6. The van der Waals surface area contributed by atoms with E-state index in [1.165, 1.54) is 29.8 Å². The lowest BCUT2D eigenvalue weighted by molar-refractivity contribution is -0.138. The summed E-state index contributed by atoms with van der Waals surface area (Å²) in [5.41, 5.74) is 2.29. The van der Waals surface area contributed by atoms with Gasteiger partial charge in [0.2, 0.25) is 5.91 Å². The van der Waals surface area contributed by atoms with Gasteiger partial charge in [-0.1, -0.05) is 42.5 Å². The molecule has 4 rings (SSSR count). The fourth-order valence-corrected chi connectivity index (χ4v) is 4.47. The number of piperidine rings is 1. The molecule has 3 aromatic rings. The van der Waals surface area contributed by atoms with Crippen molar-refractivity contribution in [1.29, 1.82) is 0 Å². The first kappa shape index (κ1) is 23.6. The number of carbonyl (C=O) groups is 2. The lowest BCUT2D eigenvalue weighted by atomic mass is 9.92. The monoisotopic (exact) mass is 459 g/mol. The average Bonchev–Trinajstić information content (AvgIpc) is 2.84. The van der Waals surface area contributed by atoms with Gasteiger partial charge < -0.3 is 10.2 Å². The molecule has 0 radical (unpaired) electrons. The molecule has 2 heterocycles. The number of likely N-dealkylation sites (tertiary alicyclic amines) is 1. The second-order valence-electron chi connectivity index (χ2n) is 9.40. The van der Waals surface area contributed by atoms with Crippen molar-refractivity contribution in [3.63, 3.8) is 0 Å². The van der Waals surface area contributed by atoms with Crippen molar-refractivity contribution in [2.24, 2.45) is 0 Å². The van der Waals surface area contributed by atoms with E-state index in [-0.39, 0.29) is 17.4 Å². The number of nitrogens with one attached hydrogen (secondary N) is 1. The average molecular weight is 460 g/mol. The Kier molecular flexibility index (Phi) is 7.06. The molecule has 2 aromatic carbocycles. The van der Waals surface area contributed by atoms with Crippen LogP contribution in [0.3, 0.4) is 0 Å². The molecule has 0 saturated carbocycles. The van der Waals surface area contributed by atoms with Crippen LogP contribution in [-0.4, -0.2) is 40.3 Å². The predicted octanol–water partition coefficient (Wildman–Crippen LogP) is 4.73. The molecular weight excluding hydrogens is 429 g/mol. The summed E-state index contributed by atoms with van der Waals surface area (Å²) in [6.07, 6.45) is 2.60. The first-order chi connectivity index (χ1) is 16.3. The first-order valence-corrected chi connectivity index (χ1v) is 11.7. The summed E-state index contributed by atoms with van der Waals surface area (Å²) in [6.45, 7) is 4.57. The molecule has 1 saturated heterocycles. The molecule has 34 heavy (non-hydrogen) atoms. The Morgan fingerprint density at radius 2 is 1.82 bits per heavy atom. The molecule has 0 aliphatic carbocycles. The van der Waals surface area contributed by atoms with E-state index in [1.807, 2.05) is 41.3 Å². The van der Waals surface area contributed by atoms with E-state index in [4.69, 9.17) is 4.98 Å². The van der Waals surface area contributed by atoms with Gasteiger partial charge in [0, 0.05) is 42.4 Å². The van der Waals surface area contributed by atoms with Crippen LogP contribution >= 0.6 is 0 Å². The molecule has 176 valence electrons. The van der Waals surface area contributed by atoms with Gasteiger partial charge in [0.25, 0.3) is 5.91 Å². The zero-order valence-corrected chi connectivity index (χ0v) is 19.6. The van der Waals surface area contributed by atoms with Crippen LogP contribution in [0.5, 0.6) is 0 Å². The van der Waals surface area contributed by atoms with Crippen molar-refractivity contribution < 1.29 is 14.0 Å². The van der Waals surface area contributed by atoms with Crippen molar-refractivity contribution in [3.8, 4) is 0 Å². The van der Waals surface area contributed by atoms with Gasteiger partial charge in [-0.25, -0.2) is 4.39 Å². The SMILES string of the molecule is CC(C)(NC(=O)c1cccc(F)c1)C(=O)N1CCCC(c2cccc(Cc3ccccc3)n2)C1. The van der Waals surface area contributed by atoms with Gasteiger partial charge in [-0.05, 0) is 62.6 Å². The topological polar surface area (TPSA) is 62.3 Å². The molecule has 1 aliphatic rings. The number of pyridine rings is 1. The Labute approximate surface area is 200 Å². The third kappa shape index (κ3) is 5.68. The number of halogens is 1. The van der Waals surface area contributed by atoms with E-state index in [2.05, 4.69) is 17.4 Å². The van der Waals surface area contributed by atoms with Gasteiger partial charge in [0.1, 0.15) is 11.4 Å². The Balaban J connectivity index is 1.43. The van der Waals surface area contributed by atoms with Gasteiger partial charge in [-0.3, -0.25) is 14.6 Å². The van der Waals surface area contributed by atoms with Crippen LogP contribution in [0.2, 0.25) is 0 Å². The number of benzene rings is 2. The van der Waals surface area contributed by atoms with Crippen molar-refractivity contribution in [2.75, 3.05) is 13.1 Å². The first-order valence-electron chi connectivity index (χ1n) is 11.7. The molecule has 1 aliphatic heterocycles. The molecule has 0 spiro atoms. The maximum Gasteiger partial charge on any atom is 0.252 e. The summed E-state index contributed by atoms with van der Waals surface area (Å²) in [7, 11) is 0. The summed E-state index contributed by atoms with van der Waals surface area (Å²) in [5, 5.41) is 2.78. The predicted molar refractivity (Wildman–Crippen MR) is 130 cm³/mol. The van der Waals surface area contributed by atoms with Crippen molar-refractivity contribution in [2.45, 2.75) is 44.6 Å². The standard InChI is InChI=1S/C28H30FN3O2/c1-28(2,31-26(33)21-11-6-13-23(29)18-21)27(34)32-16-8-12-22(19-32)25-15-7-14-24(30-25)17-20-9-4-3-5-10-20/h3-7,9-11,13-15,18,22H,8,12,16-17,19H2,1-2H3,(H,31,33). The maximum atomic E-state index is 13.5. The largest absolute Gasteiger partial charge is 0.340 e. The highest BCUT2D eigenvalue weighted by atomic mass is 19.1. The highest BCUT2D eigenvalue weighted by Gasteiger charge is 2.36. The highest BCUT2D eigenvalue weighted by Crippen LogP contribution is 2.27. The van der Waals surface area contributed by atoms with Crippen LogP contribution < -0.4 is 5.32 Å². The molecule has 1 atom stereocenters. The highest BCUT2D eigenvalue weighted by molar-refractivity contribution is 5.99. The zero-order valence-electron chi connectivity index (χ0n) is 19.6. The number of carbonyl (C=O) groups excluding carboxylic acids is 2. The zero-order chi connectivity index (χ0) is 24.1. The lowest BCUT2D eigenvalue weighted by Gasteiger charge is -2.37. The van der Waals surface area contributed by atoms with E-state index < -0.39 is 17.3 Å². The molecule has 0 bridgehead atoms. The molecule has 1 fully saturated rings. The number of hydrogen-bond donors (Lipinski definition) is 1. The Morgan fingerprint density at radius 1 is 1.06 bits per heavy atom. The van der Waals surface area contributed by atoms with Crippen molar-refractivity contribution in [3.05, 3.63) is 101 Å². The molecule has 2 amide bonds. The van der Waals surface area contributed by atoms with E-state index in [0.29, 0.717) is 13.1 Å². The molecule has 5 nitrogen and oxygen atoms in total. The van der Waals surface area contributed by atoms with E-state index in [9.17, 15) is 14.0 Å². The van der Waals surface area contributed by atoms with Crippen molar-refractivity contribution in [1.82, 2.24) is 15.2 Å². The van der Waals surface area contributed by atoms with E-state index in [0.717, 1.165) is 30.7 Å². The summed E-state index contributed by atoms with van der Waals surface area (Å²) >= 11 is 0. The number of hydrogen-bond acceptors (Lipinski definition) is 3. The minimum Gasteiger partial charge on any atom is -0.340 e. The fourth-order valence-electron chi connectivity index (χ4n) is 4.47. The summed E-state index contributed by atoms with van der Waals surface area (Å²) < 4.78 is 13.5. The molecule has 6 heteroatoms. The number of amides is 2. The fraction of sp³-hybridized carbons (Fsp3) is 0.321. The third-order valence-electron chi connectivity index (χ3n) is 6.23. The molecule has 1 unspecified atom stereocenters. The van der Waals surface area contributed by atoms with Gasteiger partial charge in [0.15, 0.2) is 0 Å². The Bertz CT molecular complexity index is 1160. The van der Waals surface area contributed by atoms with Gasteiger partial charge in [-0.2, -0.15) is 0 Å². The van der Waals surface area contributed by atoms with E-state index >= 15 is 0 Å². The number of aromatic nitrogens is 1. The summed E-state index contributed by atoms with van der Waals surface area (Å²) in [6, 6.07) is 21.8. The Morgan fingerprint density at radius 3 is 2.59 bits per heavy atom. The second kappa shape index (κ2) is 10.2. The smallest absolute Gasteiger partial charge is 0.252 e. The van der Waals surface area contributed by atoms with Crippen LogP contribution in [0.15, 0.2) is 72.8 Å². The van der Waals surface area contributed by atoms with Crippen LogP contribution in [0, 0.1) is 5.82 Å². The van der Waals surface area contributed by atoms with Crippen LogP contribution in [-0.2, 0) is 11.2 Å². The minimum atomic E-state index is -1.12. The minimum absolute atomic E-state index is 0.142. The molecule has 1 N–H and O–H groups in total. The Hall–Kier alpha value is -3.54. The van der Waals surface area contributed by atoms with Crippen molar-refractivity contribution >= 4 is 11.8 Å². The lowest BCUT2D eigenvalue weighted by Crippen LogP contribution is -2.57. The van der Waals surface area contributed by atoms with Crippen LogP contribution in [0.4, 0.5) is 4.39 Å². The normalized spacial score (nSPS) is 16.2. The third-order valence-corrected chi connectivity index (χ3v) is 6.23. The summed E-state index contributed by atoms with van der Waals surface area (Å²) in [5.74, 6) is -0.968. The number of nitrogens with zero attached hydrogens (tertiary/aromatic N) is 2. The molecule has 1 aromatic heterocycles. The second-order valence-corrected chi connectivity index (χ2v) is 9.40. The van der Waals surface area contributed by atoms with Gasteiger partial charge in [-0.15, -0.1) is 0 Å². The van der Waals surface area contributed by atoms with Crippen LogP contribution in [0.1, 0.15) is 59.9 Å². The van der Waals surface area contributed by atoms with Gasteiger partial charge >= 0.3 is 0 Å². The molecular formula is C28H30FN3O2. The van der Waals surface area contributed by atoms with E-state index in [1.54, 1.807) is 13.8 Å². The van der Waals surface area contributed by atoms with Crippen LogP contribution in [0.25, 0.3) is 0 Å².